The SMILES string of the molecule is CC1CC(C)CN(S(=O)(=O)c2ccc(NC(=O)c3nn(Cc4ccccc4)c(=O)c4ccccc34)cc2)C1. The zero-order chi connectivity index (χ0) is 26.9. The van der Waals surface area contributed by atoms with Gasteiger partial charge in [-0.15, -0.1) is 0 Å². The predicted molar refractivity (Wildman–Crippen MR) is 148 cm³/mol. The molecule has 1 aliphatic heterocycles. The van der Waals surface area contributed by atoms with E-state index in [1.165, 1.54) is 16.8 Å². The minimum atomic E-state index is -3.62. The van der Waals surface area contributed by atoms with Crippen molar-refractivity contribution in [2.24, 2.45) is 11.8 Å². The summed E-state index contributed by atoms with van der Waals surface area (Å²) in [4.78, 5) is 26.6. The summed E-state index contributed by atoms with van der Waals surface area (Å²) in [6.45, 7) is 5.37. The molecule has 0 saturated carbocycles. The second-order valence-corrected chi connectivity index (χ2v) is 12.0. The lowest BCUT2D eigenvalue weighted by atomic mass is 9.94. The van der Waals surface area contributed by atoms with E-state index in [4.69, 9.17) is 0 Å². The summed E-state index contributed by atoms with van der Waals surface area (Å²) in [5.74, 6) is 0.122. The fraction of sp³-hybridized carbons (Fsp3) is 0.276. The third-order valence-corrected chi connectivity index (χ3v) is 8.69. The number of carbonyl (C=O) groups excluding carboxylic acids is 1. The number of nitrogens with one attached hydrogen (secondary N) is 1. The summed E-state index contributed by atoms with van der Waals surface area (Å²) in [5.41, 5.74) is 1.15. The Hall–Kier alpha value is -3.82. The predicted octanol–water partition coefficient (Wildman–Crippen LogP) is 4.36. The number of amides is 1. The van der Waals surface area contributed by atoms with E-state index in [0.29, 0.717) is 41.4 Å². The van der Waals surface area contributed by atoms with Crippen LogP contribution in [0.25, 0.3) is 10.8 Å². The van der Waals surface area contributed by atoms with Crippen LogP contribution >= 0.6 is 0 Å². The minimum Gasteiger partial charge on any atom is -0.321 e. The molecule has 4 aromatic rings. The lowest BCUT2D eigenvalue weighted by Gasteiger charge is -2.34. The Morgan fingerprint density at radius 1 is 0.895 bits per heavy atom. The molecule has 196 valence electrons. The summed E-state index contributed by atoms with van der Waals surface area (Å²) < 4.78 is 29.2. The van der Waals surface area contributed by atoms with Gasteiger partial charge in [0.2, 0.25) is 10.0 Å². The van der Waals surface area contributed by atoms with Crippen LogP contribution in [-0.4, -0.2) is 41.5 Å². The molecule has 0 bridgehead atoms. The summed E-state index contributed by atoms with van der Waals surface area (Å²) in [7, 11) is -3.62. The highest BCUT2D eigenvalue weighted by Crippen LogP contribution is 2.27. The lowest BCUT2D eigenvalue weighted by molar-refractivity contribution is 0.102. The highest BCUT2D eigenvalue weighted by molar-refractivity contribution is 7.89. The first kappa shape index (κ1) is 25.8. The van der Waals surface area contributed by atoms with Crippen molar-refractivity contribution in [1.29, 1.82) is 0 Å². The topological polar surface area (TPSA) is 101 Å². The molecule has 9 heteroatoms. The number of piperidine rings is 1. The molecule has 2 unspecified atom stereocenters. The van der Waals surface area contributed by atoms with Crippen LogP contribution in [0, 0.1) is 11.8 Å². The Balaban J connectivity index is 1.41. The van der Waals surface area contributed by atoms with E-state index in [1.54, 1.807) is 40.7 Å². The third kappa shape index (κ3) is 5.25. The van der Waals surface area contributed by atoms with Gasteiger partial charge in [-0.3, -0.25) is 9.59 Å². The van der Waals surface area contributed by atoms with Gasteiger partial charge in [-0.25, -0.2) is 13.1 Å². The van der Waals surface area contributed by atoms with E-state index in [2.05, 4.69) is 24.3 Å². The van der Waals surface area contributed by atoms with Crippen LogP contribution in [0.5, 0.6) is 0 Å². The number of hydrogen-bond donors (Lipinski definition) is 1. The number of aromatic nitrogens is 2. The quantitative estimate of drug-likeness (QED) is 0.399. The first-order valence-corrected chi connectivity index (χ1v) is 14.1. The van der Waals surface area contributed by atoms with Gasteiger partial charge >= 0.3 is 0 Å². The minimum absolute atomic E-state index is 0.115. The standard InChI is InChI=1S/C29H30N4O4S/c1-20-16-21(2)18-32(17-20)38(36,37)24-14-12-23(13-15-24)30-28(34)27-25-10-6-7-11-26(25)29(35)33(31-27)19-22-8-4-3-5-9-22/h3-15,20-21H,16-19H2,1-2H3,(H,30,34). The Morgan fingerprint density at radius 2 is 1.50 bits per heavy atom. The van der Waals surface area contributed by atoms with Crippen molar-refractivity contribution in [2.45, 2.75) is 31.7 Å². The van der Waals surface area contributed by atoms with Crippen LogP contribution in [0.4, 0.5) is 5.69 Å². The van der Waals surface area contributed by atoms with Crippen molar-refractivity contribution in [3.63, 3.8) is 0 Å². The Labute approximate surface area is 222 Å². The van der Waals surface area contributed by atoms with Crippen molar-refractivity contribution in [3.05, 3.63) is 100 Å². The maximum atomic E-state index is 13.3. The van der Waals surface area contributed by atoms with Gasteiger partial charge in [-0.1, -0.05) is 62.4 Å². The highest BCUT2D eigenvalue weighted by atomic mass is 32.2. The van der Waals surface area contributed by atoms with Crippen LogP contribution in [0.2, 0.25) is 0 Å². The van der Waals surface area contributed by atoms with Crippen molar-refractivity contribution in [1.82, 2.24) is 14.1 Å². The largest absolute Gasteiger partial charge is 0.321 e. The molecule has 1 N–H and O–H groups in total. The molecule has 1 saturated heterocycles. The number of rotatable bonds is 6. The van der Waals surface area contributed by atoms with E-state index in [1.807, 2.05) is 30.3 Å². The normalized spacial score (nSPS) is 18.4. The average molecular weight is 531 g/mol. The summed E-state index contributed by atoms with van der Waals surface area (Å²) in [5, 5.41) is 8.07. The fourth-order valence-electron chi connectivity index (χ4n) is 5.12. The number of hydrogen-bond acceptors (Lipinski definition) is 5. The van der Waals surface area contributed by atoms with Gasteiger partial charge in [-0.05, 0) is 54.2 Å². The van der Waals surface area contributed by atoms with E-state index in [-0.39, 0.29) is 22.7 Å². The first-order chi connectivity index (χ1) is 18.2. The molecule has 2 heterocycles. The Morgan fingerprint density at radius 3 is 2.16 bits per heavy atom. The molecule has 1 aromatic heterocycles. The first-order valence-electron chi connectivity index (χ1n) is 12.7. The van der Waals surface area contributed by atoms with Crippen LogP contribution in [0.3, 0.4) is 0 Å². The Bertz CT molecular complexity index is 1620. The zero-order valence-corrected chi connectivity index (χ0v) is 22.2. The van der Waals surface area contributed by atoms with Gasteiger partial charge in [-0.2, -0.15) is 9.40 Å². The lowest BCUT2D eigenvalue weighted by Crippen LogP contribution is -2.42. The third-order valence-electron chi connectivity index (χ3n) is 6.84. The maximum absolute atomic E-state index is 13.3. The summed E-state index contributed by atoms with van der Waals surface area (Å²) in [6, 6.07) is 22.5. The van der Waals surface area contributed by atoms with Gasteiger partial charge in [0.25, 0.3) is 11.5 Å². The molecule has 0 spiro atoms. The van der Waals surface area contributed by atoms with Gasteiger partial charge in [0.15, 0.2) is 5.69 Å². The smallest absolute Gasteiger partial charge is 0.276 e. The maximum Gasteiger partial charge on any atom is 0.276 e. The fourth-order valence-corrected chi connectivity index (χ4v) is 6.80. The molecule has 0 aliphatic carbocycles. The van der Waals surface area contributed by atoms with Crippen LogP contribution in [0.15, 0.2) is 88.6 Å². The van der Waals surface area contributed by atoms with Crippen LogP contribution < -0.4 is 10.9 Å². The monoisotopic (exact) mass is 530 g/mol. The summed E-state index contributed by atoms with van der Waals surface area (Å²) in [6.07, 6.45) is 1.01. The number of nitrogens with zero attached hydrogens (tertiary/aromatic N) is 3. The van der Waals surface area contributed by atoms with Crippen LogP contribution in [0.1, 0.15) is 36.3 Å². The van der Waals surface area contributed by atoms with Crippen LogP contribution in [-0.2, 0) is 16.6 Å². The van der Waals surface area contributed by atoms with E-state index < -0.39 is 15.9 Å². The number of anilines is 1. The second-order valence-electron chi connectivity index (χ2n) is 10.1. The van der Waals surface area contributed by atoms with E-state index in [9.17, 15) is 18.0 Å². The van der Waals surface area contributed by atoms with E-state index >= 15 is 0 Å². The van der Waals surface area contributed by atoms with Gasteiger partial charge in [0.05, 0.1) is 16.8 Å². The molecule has 1 aliphatic rings. The Kier molecular flexibility index (Phi) is 7.14. The molecule has 2 atom stereocenters. The van der Waals surface area contributed by atoms with Gasteiger partial charge in [0.1, 0.15) is 0 Å². The van der Waals surface area contributed by atoms with Gasteiger partial charge < -0.3 is 5.32 Å². The van der Waals surface area contributed by atoms with Crippen molar-refractivity contribution in [3.8, 4) is 0 Å². The molecule has 5 rings (SSSR count). The molecule has 3 aromatic carbocycles. The van der Waals surface area contributed by atoms with Gasteiger partial charge in [0, 0.05) is 24.2 Å². The van der Waals surface area contributed by atoms with Crippen molar-refractivity contribution in [2.75, 3.05) is 18.4 Å². The molecule has 1 fully saturated rings. The highest BCUT2D eigenvalue weighted by Gasteiger charge is 2.31. The number of sulfonamides is 1. The van der Waals surface area contributed by atoms with Crippen molar-refractivity contribution < 1.29 is 13.2 Å². The number of fused-ring (bicyclic) bond motifs is 1. The molecule has 38 heavy (non-hydrogen) atoms. The molecular weight excluding hydrogens is 500 g/mol. The number of carbonyl (C=O) groups is 1. The molecule has 1 amide bonds. The van der Waals surface area contributed by atoms with E-state index in [0.717, 1.165) is 12.0 Å². The molecular formula is C29H30N4O4S. The average Bonchev–Trinajstić information content (AvgIpc) is 2.90. The number of benzene rings is 3. The molecule has 0 radical (unpaired) electrons. The molecule has 8 nitrogen and oxygen atoms in total. The zero-order valence-electron chi connectivity index (χ0n) is 21.4. The van der Waals surface area contributed by atoms with Crippen molar-refractivity contribution >= 4 is 32.4 Å². The summed E-state index contributed by atoms with van der Waals surface area (Å²) >= 11 is 0. The second kappa shape index (κ2) is 10.5.